The molecule has 0 radical (unpaired) electrons. The van der Waals surface area contributed by atoms with E-state index >= 15 is 0 Å². The molecule has 0 aromatic carbocycles. The predicted octanol–water partition coefficient (Wildman–Crippen LogP) is 2.25. The fourth-order valence-corrected chi connectivity index (χ4v) is 2.69. The first-order valence-corrected chi connectivity index (χ1v) is 8.09. The second-order valence-electron chi connectivity index (χ2n) is 5.78. The zero-order valence-electron chi connectivity index (χ0n) is 13.9. The molecule has 1 saturated heterocycles. The van der Waals surface area contributed by atoms with Gasteiger partial charge in [-0.1, -0.05) is 12.1 Å². The minimum atomic E-state index is -0.213. The van der Waals surface area contributed by atoms with E-state index in [0.29, 0.717) is 31.3 Å². The molecule has 1 aliphatic heterocycles. The Morgan fingerprint density at radius 3 is 2.08 bits per heavy atom. The molecular weight excluding hydrogens is 320 g/mol. The van der Waals surface area contributed by atoms with E-state index in [4.69, 9.17) is 0 Å². The smallest absolute Gasteiger partial charge is 0.321 e. The molecule has 0 spiro atoms. The van der Waals surface area contributed by atoms with Crippen LogP contribution in [0, 0.1) is 0 Å². The van der Waals surface area contributed by atoms with E-state index in [1.807, 2.05) is 19.1 Å². The van der Waals surface area contributed by atoms with Crippen molar-refractivity contribution in [3.05, 3.63) is 48.8 Å². The average Bonchev–Trinajstić information content (AvgIpc) is 2.63. The highest BCUT2D eigenvalue weighted by atomic mass is 16.2. The normalized spacial score (nSPS) is 17.1. The van der Waals surface area contributed by atoms with Gasteiger partial charge in [0.05, 0.1) is 0 Å². The van der Waals surface area contributed by atoms with Crippen LogP contribution in [-0.2, 0) is 0 Å². The Morgan fingerprint density at radius 1 is 0.960 bits per heavy atom. The number of piperazine rings is 1. The predicted molar refractivity (Wildman–Crippen MR) is 94.3 cm³/mol. The van der Waals surface area contributed by atoms with E-state index < -0.39 is 0 Å². The van der Waals surface area contributed by atoms with Gasteiger partial charge >= 0.3 is 12.1 Å². The Balaban J connectivity index is 1.55. The topological polar surface area (TPSA) is 90.5 Å². The highest BCUT2D eigenvalue weighted by Gasteiger charge is 2.30. The minimum absolute atomic E-state index is 0.105. The second kappa shape index (κ2) is 7.61. The average molecular weight is 340 g/mol. The number of hydrogen-bond donors (Lipinski definition) is 2. The summed E-state index contributed by atoms with van der Waals surface area (Å²) in [7, 11) is 0. The van der Waals surface area contributed by atoms with Gasteiger partial charge in [-0.05, 0) is 31.2 Å². The Bertz CT molecular complexity index is 724. The summed E-state index contributed by atoms with van der Waals surface area (Å²) in [4.78, 5) is 36.3. The first-order chi connectivity index (χ1) is 12.1. The number of amides is 4. The zero-order valence-corrected chi connectivity index (χ0v) is 13.9. The van der Waals surface area contributed by atoms with Crippen molar-refractivity contribution in [2.75, 3.05) is 30.3 Å². The summed E-state index contributed by atoms with van der Waals surface area (Å²) in [5.74, 6) is 1.02. The van der Waals surface area contributed by atoms with Gasteiger partial charge in [0.25, 0.3) is 0 Å². The van der Waals surface area contributed by atoms with E-state index in [2.05, 4.69) is 20.6 Å². The lowest BCUT2D eigenvalue weighted by Gasteiger charge is -2.39. The first kappa shape index (κ1) is 16.7. The third-order valence-electron chi connectivity index (χ3n) is 3.98. The number of urea groups is 2. The fraction of sp³-hybridized carbons (Fsp3) is 0.294. The van der Waals surface area contributed by atoms with Crippen LogP contribution in [0.3, 0.4) is 0 Å². The molecule has 2 aromatic heterocycles. The van der Waals surface area contributed by atoms with E-state index in [1.165, 1.54) is 0 Å². The maximum atomic E-state index is 12.4. The molecule has 1 atom stereocenters. The van der Waals surface area contributed by atoms with Crippen molar-refractivity contribution in [2.24, 2.45) is 0 Å². The lowest BCUT2D eigenvalue weighted by atomic mass is 10.2. The molecule has 0 bridgehead atoms. The zero-order chi connectivity index (χ0) is 17.6. The van der Waals surface area contributed by atoms with Crippen molar-refractivity contribution in [1.82, 2.24) is 19.8 Å². The molecule has 4 amide bonds. The number of pyridine rings is 2. The summed E-state index contributed by atoms with van der Waals surface area (Å²) in [6.45, 7) is 3.28. The minimum Gasteiger partial charge on any atom is -0.321 e. The standard InChI is InChI=1S/C17H20N6O2/c1-13-12-22(16(24)20-14-6-2-4-8-18-14)10-11-23(13)17(25)21-15-7-3-5-9-19-15/h2-9,13H,10-12H2,1H3,(H,18,20,24)(H,19,21,25). The van der Waals surface area contributed by atoms with Crippen LogP contribution in [-0.4, -0.2) is 57.5 Å². The van der Waals surface area contributed by atoms with Crippen LogP contribution in [0.4, 0.5) is 21.2 Å². The fourth-order valence-electron chi connectivity index (χ4n) is 2.69. The van der Waals surface area contributed by atoms with Crippen LogP contribution in [0.15, 0.2) is 48.8 Å². The highest BCUT2D eigenvalue weighted by molar-refractivity contribution is 5.90. The van der Waals surface area contributed by atoms with Crippen molar-refractivity contribution in [2.45, 2.75) is 13.0 Å². The van der Waals surface area contributed by atoms with Gasteiger partial charge in [-0.3, -0.25) is 10.6 Å². The molecule has 1 fully saturated rings. The molecule has 0 aliphatic carbocycles. The Labute approximate surface area is 145 Å². The van der Waals surface area contributed by atoms with Gasteiger partial charge in [0, 0.05) is 38.1 Å². The van der Waals surface area contributed by atoms with Gasteiger partial charge in [0.2, 0.25) is 0 Å². The molecule has 1 aliphatic rings. The molecule has 8 heteroatoms. The number of rotatable bonds is 2. The molecule has 3 heterocycles. The number of anilines is 2. The number of aromatic nitrogens is 2. The van der Waals surface area contributed by atoms with Crippen LogP contribution < -0.4 is 10.6 Å². The molecule has 2 aromatic rings. The van der Waals surface area contributed by atoms with Gasteiger partial charge in [0.15, 0.2) is 0 Å². The van der Waals surface area contributed by atoms with Gasteiger partial charge < -0.3 is 9.80 Å². The summed E-state index contributed by atoms with van der Waals surface area (Å²) >= 11 is 0. The van der Waals surface area contributed by atoms with Gasteiger partial charge in [0.1, 0.15) is 11.6 Å². The largest absolute Gasteiger partial charge is 0.323 e. The third-order valence-corrected chi connectivity index (χ3v) is 3.98. The lowest BCUT2D eigenvalue weighted by molar-refractivity contribution is 0.124. The van der Waals surface area contributed by atoms with Crippen molar-refractivity contribution in [3.63, 3.8) is 0 Å². The summed E-state index contributed by atoms with van der Waals surface area (Å²) in [5, 5.41) is 5.54. The van der Waals surface area contributed by atoms with E-state index in [0.717, 1.165) is 0 Å². The summed E-state index contributed by atoms with van der Waals surface area (Å²) in [5.41, 5.74) is 0. The third kappa shape index (κ3) is 4.23. The monoisotopic (exact) mass is 340 g/mol. The molecule has 1 unspecified atom stereocenters. The molecular formula is C17H20N6O2. The van der Waals surface area contributed by atoms with Crippen molar-refractivity contribution in [3.8, 4) is 0 Å². The summed E-state index contributed by atoms with van der Waals surface area (Å²) in [6, 6.07) is 10.1. The molecule has 2 N–H and O–H groups in total. The Hall–Kier alpha value is -3.16. The Morgan fingerprint density at radius 2 is 1.56 bits per heavy atom. The SMILES string of the molecule is CC1CN(C(=O)Nc2ccccn2)CCN1C(=O)Nc1ccccn1. The first-order valence-electron chi connectivity index (χ1n) is 8.09. The molecule has 8 nitrogen and oxygen atoms in total. The van der Waals surface area contributed by atoms with Gasteiger partial charge in [-0.25, -0.2) is 19.6 Å². The van der Waals surface area contributed by atoms with Crippen LogP contribution in [0.25, 0.3) is 0 Å². The summed E-state index contributed by atoms with van der Waals surface area (Å²) < 4.78 is 0. The van der Waals surface area contributed by atoms with Crippen molar-refractivity contribution >= 4 is 23.7 Å². The molecule has 3 rings (SSSR count). The summed E-state index contributed by atoms with van der Waals surface area (Å²) in [6.07, 6.45) is 3.25. The number of hydrogen-bond acceptors (Lipinski definition) is 4. The number of carbonyl (C=O) groups excluding carboxylic acids is 2. The van der Waals surface area contributed by atoms with E-state index in [-0.39, 0.29) is 18.1 Å². The number of nitrogens with one attached hydrogen (secondary N) is 2. The van der Waals surface area contributed by atoms with Crippen LogP contribution in [0.1, 0.15) is 6.92 Å². The molecule has 0 saturated carbocycles. The van der Waals surface area contributed by atoms with Gasteiger partial charge in [-0.2, -0.15) is 0 Å². The Kier molecular flexibility index (Phi) is 5.08. The lowest BCUT2D eigenvalue weighted by Crippen LogP contribution is -2.57. The maximum Gasteiger partial charge on any atom is 0.323 e. The van der Waals surface area contributed by atoms with Crippen molar-refractivity contribution in [1.29, 1.82) is 0 Å². The number of nitrogens with zero attached hydrogens (tertiary/aromatic N) is 4. The van der Waals surface area contributed by atoms with E-state index in [9.17, 15) is 9.59 Å². The van der Waals surface area contributed by atoms with Crippen LogP contribution in [0.5, 0.6) is 0 Å². The van der Waals surface area contributed by atoms with Crippen molar-refractivity contribution < 1.29 is 9.59 Å². The quantitative estimate of drug-likeness (QED) is 0.877. The van der Waals surface area contributed by atoms with Crippen LogP contribution in [0.2, 0.25) is 0 Å². The highest BCUT2D eigenvalue weighted by Crippen LogP contribution is 2.13. The molecule has 25 heavy (non-hydrogen) atoms. The molecule has 130 valence electrons. The maximum absolute atomic E-state index is 12.4. The number of carbonyl (C=O) groups is 2. The second-order valence-corrected chi connectivity index (χ2v) is 5.78. The van der Waals surface area contributed by atoms with Crippen LogP contribution >= 0.6 is 0 Å². The van der Waals surface area contributed by atoms with E-state index in [1.54, 1.807) is 46.5 Å². The van der Waals surface area contributed by atoms with Gasteiger partial charge in [-0.15, -0.1) is 0 Å².